The highest BCUT2D eigenvalue weighted by atomic mass is 16.6. The van der Waals surface area contributed by atoms with Crippen molar-refractivity contribution >= 4 is 17.5 Å². The van der Waals surface area contributed by atoms with Crippen molar-refractivity contribution in [2.75, 3.05) is 13.7 Å². The number of esters is 1. The third kappa shape index (κ3) is 3.76. The molecular weight excluding hydrogens is 366 g/mol. The van der Waals surface area contributed by atoms with Crippen LogP contribution in [0.4, 0.5) is 0 Å². The fraction of sp³-hybridized carbons (Fsp3) is 0.550. The summed E-state index contributed by atoms with van der Waals surface area (Å²) < 4.78 is 10.3. The van der Waals surface area contributed by atoms with E-state index in [9.17, 15) is 24.5 Å². The van der Waals surface area contributed by atoms with Crippen LogP contribution in [0.1, 0.15) is 45.1 Å². The summed E-state index contributed by atoms with van der Waals surface area (Å²) in [6, 6.07) is 5.23. The summed E-state index contributed by atoms with van der Waals surface area (Å²) in [6.07, 6.45) is -0.171. The Bertz CT molecular complexity index is 773. The van der Waals surface area contributed by atoms with Crippen LogP contribution in [0.2, 0.25) is 0 Å². The van der Waals surface area contributed by atoms with Crippen molar-refractivity contribution in [3.63, 3.8) is 0 Å². The van der Waals surface area contributed by atoms with Gasteiger partial charge in [0.2, 0.25) is 6.04 Å². The molecule has 0 bridgehead atoms. The van der Waals surface area contributed by atoms with E-state index in [1.807, 2.05) is 0 Å². The van der Waals surface area contributed by atoms with Crippen LogP contribution in [-0.2, 0) is 19.1 Å². The van der Waals surface area contributed by atoms with Crippen molar-refractivity contribution < 1.29 is 28.8 Å². The van der Waals surface area contributed by atoms with Crippen LogP contribution in [-0.4, -0.2) is 42.2 Å². The Morgan fingerprint density at radius 1 is 1.21 bits per heavy atom. The number of carbonyl (C=O) groups excluding carboxylic acids is 3. The van der Waals surface area contributed by atoms with Gasteiger partial charge in [0.25, 0.3) is 0 Å². The van der Waals surface area contributed by atoms with Gasteiger partial charge in [0.1, 0.15) is 22.7 Å². The Balaban J connectivity index is 2.69. The van der Waals surface area contributed by atoms with Crippen molar-refractivity contribution in [2.45, 2.75) is 45.6 Å². The number of ketones is 2. The van der Waals surface area contributed by atoms with E-state index in [1.54, 1.807) is 31.2 Å². The van der Waals surface area contributed by atoms with Gasteiger partial charge in [0.15, 0.2) is 0 Å². The van der Waals surface area contributed by atoms with E-state index in [-0.39, 0.29) is 25.2 Å². The standard InChI is InChI=1S/C20H25NO7/c1-5-28-19(24)20(13(3)23)11-15(10-12(2)22)18(21(25)26)17(20)14-6-8-16(27-4)9-7-14/h6-9,15,17-18H,5,10-11H2,1-4H3/t15-,17+,18-,20+/m1/s1. The lowest BCUT2D eigenvalue weighted by atomic mass is 9.70. The monoisotopic (exact) mass is 391 g/mol. The smallest absolute Gasteiger partial charge is 0.320 e. The maximum atomic E-state index is 12.9. The number of benzene rings is 1. The molecule has 0 amide bonds. The average molecular weight is 391 g/mol. The molecule has 8 nitrogen and oxygen atoms in total. The van der Waals surface area contributed by atoms with Crippen LogP contribution in [0.25, 0.3) is 0 Å². The average Bonchev–Trinajstić information content (AvgIpc) is 2.97. The molecule has 0 aromatic heterocycles. The van der Waals surface area contributed by atoms with E-state index in [2.05, 4.69) is 0 Å². The fourth-order valence-corrected chi connectivity index (χ4v) is 4.35. The molecule has 0 spiro atoms. The highest BCUT2D eigenvalue weighted by Crippen LogP contribution is 2.55. The van der Waals surface area contributed by atoms with Gasteiger partial charge in [0.05, 0.1) is 19.6 Å². The van der Waals surface area contributed by atoms with Gasteiger partial charge in [-0.05, 0) is 44.9 Å². The van der Waals surface area contributed by atoms with Crippen molar-refractivity contribution in [1.82, 2.24) is 0 Å². The lowest BCUT2D eigenvalue weighted by Gasteiger charge is -2.30. The van der Waals surface area contributed by atoms with Crippen LogP contribution in [0.15, 0.2) is 24.3 Å². The predicted octanol–water partition coefficient (Wildman–Crippen LogP) is 2.56. The third-order valence-electron chi connectivity index (χ3n) is 5.48. The fourth-order valence-electron chi connectivity index (χ4n) is 4.35. The largest absolute Gasteiger partial charge is 0.497 e. The van der Waals surface area contributed by atoms with E-state index in [1.165, 1.54) is 21.0 Å². The van der Waals surface area contributed by atoms with Gasteiger partial charge >= 0.3 is 5.97 Å². The number of rotatable bonds is 8. The van der Waals surface area contributed by atoms with Crippen LogP contribution in [0, 0.1) is 21.4 Å². The van der Waals surface area contributed by atoms with E-state index < -0.39 is 40.0 Å². The topological polar surface area (TPSA) is 113 Å². The van der Waals surface area contributed by atoms with Crippen LogP contribution in [0.3, 0.4) is 0 Å². The second kappa shape index (κ2) is 8.50. The summed E-state index contributed by atoms with van der Waals surface area (Å²) in [6.45, 7) is 4.25. The number of hydrogen-bond acceptors (Lipinski definition) is 7. The maximum absolute atomic E-state index is 12.9. The number of carbonyl (C=O) groups is 3. The Kier molecular flexibility index (Phi) is 6.53. The molecule has 0 heterocycles. The van der Waals surface area contributed by atoms with E-state index in [0.29, 0.717) is 11.3 Å². The van der Waals surface area contributed by atoms with E-state index in [0.717, 1.165) is 0 Å². The summed E-state index contributed by atoms with van der Waals surface area (Å²) in [5.74, 6) is -2.73. The number of ether oxygens (including phenoxy) is 2. The quantitative estimate of drug-likeness (QED) is 0.290. The number of methoxy groups -OCH3 is 1. The number of nitro groups is 1. The van der Waals surface area contributed by atoms with Crippen LogP contribution < -0.4 is 4.74 Å². The second-order valence-electron chi connectivity index (χ2n) is 7.15. The lowest BCUT2D eigenvalue weighted by Crippen LogP contribution is -2.44. The molecule has 0 radical (unpaired) electrons. The SMILES string of the molecule is CCOC(=O)[C@]1(C(C)=O)C[C@@H](CC(C)=O)[C@@H]([N+](=O)[O-])[C@@H]1c1ccc(OC)cc1. The molecule has 0 aliphatic heterocycles. The predicted molar refractivity (Wildman–Crippen MR) is 99.7 cm³/mol. The van der Waals surface area contributed by atoms with Gasteiger partial charge in [-0.1, -0.05) is 12.1 Å². The highest BCUT2D eigenvalue weighted by molar-refractivity contribution is 6.04. The van der Waals surface area contributed by atoms with Crippen molar-refractivity contribution in [2.24, 2.45) is 11.3 Å². The molecule has 1 fully saturated rings. The minimum absolute atomic E-state index is 0.0453. The molecule has 1 aliphatic carbocycles. The molecule has 2 rings (SSSR count). The van der Waals surface area contributed by atoms with Gasteiger partial charge in [0, 0.05) is 17.3 Å². The molecular formula is C20H25NO7. The minimum atomic E-state index is -1.71. The molecule has 4 atom stereocenters. The highest BCUT2D eigenvalue weighted by Gasteiger charge is 2.66. The Morgan fingerprint density at radius 3 is 2.25 bits per heavy atom. The van der Waals surface area contributed by atoms with Crippen molar-refractivity contribution in [3.8, 4) is 5.75 Å². The van der Waals surface area contributed by atoms with Gasteiger partial charge in [-0.15, -0.1) is 0 Å². The molecule has 0 saturated heterocycles. The van der Waals surface area contributed by atoms with Crippen molar-refractivity contribution in [1.29, 1.82) is 0 Å². The number of Topliss-reactive ketones (excluding diaryl/α,β-unsaturated/α-hetero) is 2. The summed E-state index contributed by atoms with van der Waals surface area (Å²) in [5, 5.41) is 12.0. The van der Waals surface area contributed by atoms with Crippen LogP contribution >= 0.6 is 0 Å². The zero-order chi connectivity index (χ0) is 21.1. The van der Waals surface area contributed by atoms with Gasteiger partial charge < -0.3 is 14.3 Å². The molecule has 1 aliphatic rings. The van der Waals surface area contributed by atoms with Crippen LogP contribution in [0.5, 0.6) is 5.75 Å². The normalized spacial score (nSPS) is 26.5. The van der Waals surface area contributed by atoms with E-state index >= 15 is 0 Å². The molecule has 0 unspecified atom stereocenters. The first-order valence-electron chi connectivity index (χ1n) is 9.14. The first kappa shape index (κ1) is 21.5. The number of nitrogens with zero attached hydrogens (tertiary/aromatic N) is 1. The molecule has 1 aromatic rings. The Labute approximate surface area is 163 Å². The molecule has 152 valence electrons. The van der Waals surface area contributed by atoms with Gasteiger partial charge in [-0.25, -0.2) is 0 Å². The second-order valence-corrected chi connectivity index (χ2v) is 7.15. The van der Waals surface area contributed by atoms with Gasteiger partial charge in [-0.2, -0.15) is 0 Å². The molecule has 0 N–H and O–H groups in total. The van der Waals surface area contributed by atoms with Crippen molar-refractivity contribution in [3.05, 3.63) is 39.9 Å². The summed E-state index contributed by atoms with van der Waals surface area (Å²) in [5.41, 5.74) is -1.24. The molecule has 28 heavy (non-hydrogen) atoms. The molecule has 1 saturated carbocycles. The maximum Gasteiger partial charge on any atom is 0.320 e. The molecule has 1 aromatic carbocycles. The minimum Gasteiger partial charge on any atom is -0.497 e. The third-order valence-corrected chi connectivity index (χ3v) is 5.48. The summed E-state index contributed by atoms with van der Waals surface area (Å²) in [7, 11) is 1.49. The first-order chi connectivity index (χ1) is 13.2. The lowest BCUT2D eigenvalue weighted by molar-refractivity contribution is -0.532. The summed E-state index contributed by atoms with van der Waals surface area (Å²) in [4.78, 5) is 48.9. The summed E-state index contributed by atoms with van der Waals surface area (Å²) >= 11 is 0. The first-order valence-corrected chi connectivity index (χ1v) is 9.14. The number of hydrogen-bond donors (Lipinski definition) is 0. The van der Waals surface area contributed by atoms with Gasteiger partial charge in [-0.3, -0.25) is 19.7 Å². The van der Waals surface area contributed by atoms with E-state index in [4.69, 9.17) is 9.47 Å². The molecule has 8 heteroatoms. The Morgan fingerprint density at radius 2 is 1.82 bits per heavy atom. The Hall–Kier alpha value is -2.77. The zero-order valence-electron chi connectivity index (χ0n) is 16.5. The zero-order valence-corrected chi connectivity index (χ0v) is 16.5.